The van der Waals surface area contributed by atoms with E-state index in [-0.39, 0.29) is 0 Å². The molecule has 10 heavy (non-hydrogen) atoms. The molecule has 0 aliphatic carbocycles. The summed E-state index contributed by atoms with van der Waals surface area (Å²) in [6, 6.07) is 0. The van der Waals surface area contributed by atoms with Crippen LogP contribution < -0.4 is 0 Å². The van der Waals surface area contributed by atoms with Crippen molar-refractivity contribution in [2.45, 2.75) is 20.3 Å². The standard InChI is InChI=1S/C7H11N3/c1-4-6-9-5(2)7(8-3)10-6/h3-4H2,1-2H3,(H,9,10). The monoisotopic (exact) mass is 137 g/mol. The fraction of sp³-hybridized carbons (Fsp3) is 0.429. The predicted molar refractivity (Wildman–Crippen MR) is 41.9 cm³/mol. The van der Waals surface area contributed by atoms with Gasteiger partial charge in [-0.05, 0) is 13.6 Å². The molecule has 0 saturated heterocycles. The molecule has 0 unspecified atom stereocenters. The molecule has 1 N–H and O–H groups in total. The summed E-state index contributed by atoms with van der Waals surface area (Å²) in [5.41, 5.74) is 0.992. The second-order valence-electron chi connectivity index (χ2n) is 2.14. The molecule has 3 nitrogen and oxygen atoms in total. The molecule has 0 radical (unpaired) electrons. The summed E-state index contributed by atoms with van der Waals surface area (Å²) < 4.78 is 0. The maximum Gasteiger partial charge on any atom is 0.172 e. The van der Waals surface area contributed by atoms with Gasteiger partial charge < -0.3 is 4.98 Å². The van der Waals surface area contributed by atoms with Gasteiger partial charge in [0.05, 0.1) is 5.69 Å². The Kier molecular flexibility index (Phi) is 1.85. The molecule has 1 heterocycles. The van der Waals surface area contributed by atoms with Crippen LogP contribution in [-0.2, 0) is 6.42 Å². The van der Waals surface area contributed by atoms with Gasteiger partial charge >= 0.3 is 0 Å². The minimum atomic E-state index is 0.719. The number of aryl methyl sites for hydroxylation is 2. The van der Waals surface area contributed by atoms with Crippen molar-refractivity contribution in [3.05, 3.63) is 11.5 Å². The smallest absolute Gasteiger partial charge is 0.172 e. The van der Waals surface area contributed by atoms with E-state index in [4.69, 9.17) is 0 Å². The molecule has 0 saturated carbocycles. The topological polar surface area (TPSA) is 41.0 Å². The lowest BCUT2D eigenvalue weighted by Crippen LogP contribution is -1.80. The first kappa shape index (κ1) is 6.99. The molecule has 0 bridgehead atoms. The molecule has 54 valence electrons. The van der Waals surface area contributed by atoms with Crippen molar-refractivity contribution in [3.8, 4) is 0 Å². The Morgan fingerprint density at radius 2 is 2.40 bits per heavy atom. The first-order valence-corrected chi connectivity index (χ1v) is 3.30. The van der Waals surface area contributed by atoms with Crippen molar-refractivity contribution >= 4 is 12.5 Å². The first-order chi connectivity index (χ1) is 4.77. The van der Waals surface area contributed by atoms with Gasteiger partial charge in [-0.2, -0.15) is 0 Å². The van der Waals surface area contributed by atoms with E-state index in [2.05, 4.69) is 21.7 Å². The normalized spacial score (nSPS) is 9.80. The second-order valence-corrected chi connectivity index (χ2v) is 2.14. The highest BCUT2D eigenvalue weighted by molar-refractivity contribution is 5.43. The Hall–Kier alpha value is -1.12. The number of hydrogen-bond acceptors (Lipinski definition) is 2. The Morgan fingerprint density at radius 3 is 2.70 bits per heavy atom. The van der Waals surface area contributed by atoms with Crippen LogP contribution in [0.2, 0.25) is 0 Å². The average Bonchev–Trinajstić information content (AvgIpc) is 2.30. The summed E-state index contributed by atoms with van der Waals surface area (Å²) in [7, 11) is 0. The van der Waals surface area contributed by atoms with Crippen molar-refractivity contribution in [1.82, 2.24) is 9.97 Å². The summed E-state index contributed by atoms with van der Waals surface area (Å²) in [4.78, 5) is 11.0. The summed E-state index contributed by atoms with van der Waals surface area (Å²) in [6.07, 6.45) is 0.913. The van der Waals surface area contributed by atoms with Crippen LogP contribution >= 0.6 is 0 Å². The van der Waals surface area contributed by atoms with Crippen LogP contribution in [0.4, 0.5) is 5.82 Å². The van der Waals surface area contributed by atoms with Crippen molar-refractivity contribution in [1.29, 1.82) is 0 Å². The lowest BCUT2D eigenvalue weighted by Gasteiger charge is -1.81. The highest BCUT2D eigenvalue weighted by Crippen LogP contribution is 2.13. The largest absolute Gasteiger partial charge is 0.344 e. The third-order valence-corrected chi connectivity index (χ3v) is 1.39. The Bertz CT molecular complexity index is 237. The number of hydrogen-bond donors (Lipinski definition) is 1. The van der Waals surface area contributed by atoms with Gasteiger partial charge in [0.1, 0.15) is 5.82 Å². The molecule has 0 atom stereocenters. The number of aliphatic imine (C=N–C) groups is 1. The van der Waals surface area contributed by atoms with Gasteiger partial charge in [0, 0.05) is 6.42 Å². The van der Waals surface area contributed by atoms with Gasteiger partial charge in [-0.1, -0.05) is 6.92 Å². The fourth-order valence-corrected chi connectivity index (χ4v) is 0.833. The maximum atomic E-state index is 4.16. The van der Waals surface area contributed by atoms with Crippen LogP contribution in [-0.4, -0.2) is 16.7 Å². The lowest BCUT2D eigenvalue weighted by molar-refractivity contribution is 0.982. The van der Waals surface area contributed by atoms with E-state index in [1.54, 1.807) is 0 Å². The van der Waals surface area contributed by atoms with Crippen molar-refractivity contribution < 1.29 is 0 Å². The van der Waals surface area contributed by atoms with E-state index in [0.717, 1.165) is 23.8 Å². The van der Waals surface area contributed by atoms with Crippen LogP contribution in [0.1, 0.15) is 18.4 Å². The number of nitrogens with one attached hydrogen (secondary N) is 1. The molecule has 0 aliphatic heterocycles. The Morgan fingerprint density at radius 1 is 1.70 bits per heavy atom. The molecule has 0 amide bonds. The zero-order chi connectivity index (χ0) is 7.56. The molecular formula is C7H11N3. The molecule has 1 aromatic heterocycles. The van der Waals surface area contributed by atoms with Crippen molar-refractivity contribution in [2.24, 2.45) is 4.99 Å². The zero-order valence-corrected chi connectivity index (χ0v) is 6.31. The lowest BCUT2D eigenvalue weighted by atomic mass is 10.5. The highest BCUT2D eigenvalue weighted by Gasteiger charge is 2.00. The SMILES string of the molecule is C=Nc1nc(CC)[nH]c1C. The third-order valence-electron chi connectivity index (χ3n) is 1.39. The van der Waals surface area contributed by atoms with Gasteiger partial charge in [-0.15, -0.1) is 0 Å². The van der Waals surface area contributed by atoms with Crippen LogP contribution in [0.15, 0.2) is 4.99 Å². The first-order valence-electron chi connectivity index (χ1n) is 3.30. The Balaban J connectivity index is 3.03. The van der Waals surface area contributed by atoms with Crippen LogP contribution in [0.5, 0.6) is 0 Å². The highest BCUT2D eigenvalue weighted by atomic mass is 15.0. The summed E-state index contributed by atoms with van der Waals surface area (Å²) in [5, 5.41) is 0. The molecule has 0 aromatic carbocycles. The van der Waals surface area contributed by atoms with Gasteiger partial charge in [-0.3, -0.25) is 0 Å². The van der Waals surface area contributed by atoms with Gasteiger partial charge in [0.2, 0.25) is 0 Å². The van der Waals surface area contributed by atoms with E-state index in [0.29, 0.717) is 0 Å². The van der Waals surface area contributed by atoms with Gasteiger partial charge in [0.25, 0.3) is 0 Å². The number of imidazole rings is 1. The molecule has 3 heteroatoms. The summed E-state index contributed by atoms with van der Waals surface area (Å²) in [6.45, 7) is 7.39. The van der Waals surface area contributed by atoms with Gasteiger partial charge in [0.15, 0.2) is 5.82 Å². The van der Waals surface area contributed by atoms with Crippen LogP contribution in [0, 0.1) is 6.92 Å². The van der Waals surface area contributed by atoms with E-state index in [1.165, 1.54) is 0 Å². The minimum absolute atomic E-state index is 0.719. The quantitative estimate of drug-likeness (QED) is 0.618. The third kappa shape index (κ3) is 1.07. The molecule has 1 rings (SSSR count). The summed E-state index contributed by atoms with van der Waals surface area (Å²) >= 11 is 0. The molecule has 0 fully saturated rings. The Labute approximate surface area is 60.2 Å². The van der Waals surface area contributed by atoms with E-state index < -0.39 is 0 Å². The number of nitrogens with zero attached hydrogens (tertiary/aromatic N) is 2. The molecule has 1 aromatic rings. The zero-order valence-electron chi connectivity index (χ0n) is 6.31. The molecule has 0 aliphatic rings. The van der Waals surface area contributed by atoms with E-state index >= 15 is 0 Å². The predicted octanol–water partition coefficient (Wildman–Crippen LogP) is 1.61. The van der Waals surface area contributed by atoms with Gasteiger partial charge in [-0.25, -0.2) is 9.98 Å². The maximum absolute atomic E-state index is 4.16. The average molecular weight is 137 g/mol. The van der Waals surface area contributed by atoms with Crippen molar-refractivity contribution in [2.75, 3.05) is 0 Å². The fourth-order valence-electron chi connectivity index (χ4n) is 0.833. The number of aromatic amines is 1. The minimum Gasteiger partial charge on any atom is -0.344 e. The summed E-state index contributed by atoms with van der Waals surface area (Å²) in [5.74, 6) is 1.69. The number of H-pyrrole nitrogens is 1. The van der Waals surface area contributed by atoms with E-state index in [1.807, 2.05) is 13.8 Å². The molecule has 0 spiro atoms. The van der Waals surface area contributed by atoms with Crippen LogP contribution in [0.25, 0.3) is 0 Å². The second kappa shape index (κ2) is 2.64. The number of rotatable bonds is 2. The number of aromatic nitrogens is 2. The van der Waals surface area contributed by atoms with Crippen molar-refractivity contribution in [3.63, 3.8) is 0 Å². The van der Waals surface area contributed by atoms with E-state index in [9.17, 15) is 0 Å². The molecular weight excluding hydrogens is 126 g/mol. The van der Waals surface area contributed by atoms with Crippen LogP contribution in [0.3, 0.4) is 0 Å².